The SMILES string of the molecule is COc1ccc(S(=O)(=O)O)c(Cl)c1.Cl. The van der Waals surface area contributed by atoms with Gasteiger partial charge in [-0.25, -0.2) is 0 Å². The van der Waals surface area contributed by atoms with Crippen molar-refractivity contribution in [3.05, 3.63) is 23.2 Å². The lowest BCUT2D eigenvalue weighted by Gasteiger charge is -2.03. The van der Waals surface area contributed by atoms with Crippen molar-refractivity contribution in [1.29, 1.82) is 0 Å². The van der Waals surface area contributed by atoms with E-state index in [0.29, 0.717) is 5.75 Å². The van der Waals surface area contributed by atoms with Gasteiger partial charge in [-0.1, -0.05) is 11.6 Å². The van der Waals surface area contributed by atoms with Crippen LogP contribution in [0, 0.1) is 0 Å². The lowest BCUT2D eigenvalue weighted by Crippen LogP contribution is -1.98. The Morgan fingerprint density at radius 3 is 2.36 bits per heavy atom. The van der Waals surface area contributed by atoms with Gasteiger partial charge < -0.3 is 4.74 Å². The second-order valence-corrected chi connectivity index (χ2v) is 4.07. The molecule has 1 rings (SSSR count). The van der Waals surface area contributed by atoms with E-state index in [2.05, 4.69) is 0 Å². The highest BCUT2D eigenvalue weighted by Crippen LogP contribution is 2.25. The standard InChI is InChI=1S/C7H7ClO4S.ClH/c1-12-5-2-3-7(6(8)4-5)13(9,10)11;/h2-4H,1H3,(H,9,10,11);1H. The van der Waals surface area contributed by atoms with Crippen molar-refractivity contribution >= 4 is 34.1 Å². The molecule has 0 aliphatic carbocycles. The zero-order valence-electron chi connectivity index (χ0n) is 7.10. The highest BCUT2D eigenvalue weighted by atomic mass is 35.5. The summed E-state index contributed by atoms with van der Waals surface area (Å²) in [5.74, 6) is 0.428. The predicted molar refractivity (Wildman–Crippen MR) is 55.1 cm³/mol. The number of methoxy groups -OCH3 is 1. The molecule has 0 saturated carbocycles. The van der Waals surface area contributed by atoms with Gasteiger partial charge in [0.25, 0.3) is 10.1 Å². The van der Waals surface area contributed by atoms with Gasteiger partial charge in [0.15, 0.2) is 0 Å². The average Bonchev–Trinajstić information content (AvgIpc) is 2.01. The van der Waals surface area contributed by atoms with Gasteiger partial charge in [0, 0.05) is 6.07 Å². The summed E-state index contributed by atoms with van der Waals surface area (Å²) < 4.78 is 34.8. The van der Waals surface area contributed by atoms with E-state index in [0.717, 1.165) is 0 Å². The minimum absolute atomic E-state index is 0. The smallest absolute Gasteiger partial charge is 0.296 e. The van der Waals surface area contributed by atoms with Crippen molar-refractivity contribution in [1.82, 2.24) is 0 Å². The molecule has 0 aliphatic rings. The zero-order valence-corrected chi connectivity index (χ0v) is 9.49. The summed E-state index contributed by atoms with van der Waals surface area (Å²) in [5.41, 5.74) is 0. The number of ether oxygens (including phenoxy) is 1. The fourth-order valence-electron chi connectivity index (χ4n) is 0.818. The van der Waals surface area contributed by atoms with Crippen LogP contribution in [0.25, 0.3) is 0 Å². The molecular formula is C7H8Cl2O4S. The molecule has 1 N–H and O–H groups in total. The Balaban J connectivity index is 0.00000169. The van der Waals surface area contributed by atoms with E-state index in [-0.39, 0.29) is 22.3 Å². The fraction of sp³-hybridized carbons (Fsp3) is 0.143. The summed E-state index contributed by atoms with van der Waals surface area (Å²) in [7, 11) is -2.82. The third-order valence-electron chi connectivity index (χ3n) is 1.42. The molecule has 0 bridgehead atoms. The van der Waals surface area contributed by atoms with Crippen LogP contribution in [0.3, 0.4) is 0 Å². The molecule has 4 nitrogen and oxygen atoms in total. The van der Waals surface area contributed by atoms with Gasteiger partial charge in [-0.05, 0) is 12.1 Å². The van der Waals surface area contributed by atoms with E-state index in [1.165, 1.54) is 25.3 Å². The van der Waals surface area contributed by atoms with Gasteiger partial charge in [0.1, 0.15) is 10.6 Å². The largest absolute Gasteiger partial charge is 0.497 e. The fourth-order valence-corrected chi connectivity index (χ4v) is 1.83. The van der Waals surface area contributed by atoms with Gasteiger partial charge in [-0.3, -0.25) is 4.55 Å². The second-order valence-electron chi connectivity index (χ2n) is 2.27. The van der Waals surface area contributed by atoms with Crippen LogP contribution in [-0.2, 0) is 10.1 Å². The molecule has 0 amide bonds. The maximum Gasteiger partial charge on any atom is 0.296 e. The molecule has 7 heteroatoms. The van der Waals surface area contributed by atoms with Crippen molar-refractivity contribution in [2.45, 2.75) is 4.90 Å². The van der Waals surface area contributed by atoms with E-state index < -0.39 is 10.1 Å². The monoisotopic (exact) mass is 258 g/mol. The second kappa shape index (κ2) is 4.84. The topological polar surface area (TPSA) is 63.6 Å². The summed E-state index contributed by atoms with van der Waals surface area (Å²) in [6.45, 7) is 0. The molecule has 1 aromatic carbocycles. The third kappa shape index (κ3) is 3.02. The maximum absolute atomic E-state index is 10.7. The average molecular weight is 259 g/mol. The van der Waals surface area contributed by atoms with Crippen LogP contribution >= 0.6 is 24.0 Å². The zero-order chi connectivity index (χ0) is 10.1. The van der Waals surface area contributed by atoms with E-state index in [9.17, 15) is 8.42 Å². The summed E-state index contributed by atoms with van der Waals surface area (Å²) in [5, 5.41) is -0.0677. The van der Waals surface area contributed by atoms with Crippen molar-refractivity contribution in [2.24, 2.45) is 0 Å². The Hall–Kier alpha value is -0.490. The molecule has 0 unspecified atom stereocenters. The Morgan fingerprint density at radius 1 is 1.43 bits per heavy atom. The molecule has 0 fully saturated rings. The summed E-state index contributed by atoms with van der Waals surface area (Å²) in [4.78, 5) is -0.324. The molecule has 0 aliphatic heterocycles. The number of benzene rings is 1. The molecule has 0 saturated heterocycles. The van der Waals surface area contributed by atoms with Crippen molar-refractivity contribution in [3.8, 4) is 5.75 Å². The minimum atomic E-state index is -4.25. The van der Waals surface area contributed by atoms with Gasteiger partial charge in [0.2, 0.25) is 0 Å². The van der Waals surface area contributed by atoms with Crippen LogP contribution in [0.4, 0.5) is 0 Å². The Kier molecular flexibility index (Phi) is 4.67. The van der Waals surface area contributed by atoms with Crippen molar-refractivity contribution in [2.75, 3.05) is 7.11 Å². The van der Waals surface area contributed by atoms with Crippen molar-refractivity contribution < 1.29 is 17.7 Å². The van der Waals surface area contributed by atoms with Gasteiger partial charge in [0.05, 0.1) is 12.1 Å². The lowest BCUT2D eigenvalue weighted by molar-refractivity contribution is 0.414. The van der Waals surface area contributed by atoms with Crippen LogP contribution in [0.5, 0.6) is 5.75 Å². The van der Waals surface area contributed by atoms with Gasteiger partial charge >= 0.3 is 0 Å². The normalized spacial score (nSPS) is 10.5. The molecule has 0 spiro atoms. The van der Waals surface area contributed by atoms with Crippen LogP contribution in [0.2, 0.25) is 5.02 Å². The van der Waals surface area contributed by atoms with E-state index >= 15 is 0 Å². The molecule has 0 atom stereocenters. The van der Waals surface area contributed by atoms with Crippen LogP contribution in [0.15, 0.2) is 23.1 Å². The Morgan fingerprint density at radius 2 is 2.00 bits per heavy atom. The summed E-state index contributed by atoms with van der Waals surface area (Å²) >= 11 is 5.57. The molecule has 0 radical (unpaired) electrons. The first-order valence-electron chi connectivity index (χ1n) is 3.26. The third-order valence-corrected chi connectivity index (χ3v) is 2.75. The first-order valence-corrected chi connectivity index (χ1v) is 5.08. The first kappa shape index (κ1) is 13.5. The van der Waals surface area contributed by atoms with Gasteiger partial charge in [-0.15, -0.1) is 12.4 Å². The highest BCUT2D eigenvalue weighted by Gasteiger charge is 2.14. The Labute approximate surface area is 93.0 Å². The quantitative estimate of drug-likeness (QED) is 0.825. The maximum atomic E-state index is 10.7. The first-order chi connectivity index (χ1) is 5.95. The van der Waals surface area contributed by atoms with Crippen molar-refractivity contribution in [3.63, 3.8) is 0 Å². The van der Waals surface area contributed by atoms with Crippen LogP contribution in [-0.4, -0.2) is 20.1 Å². The molecule has 1 aromatic rings. The number of hydrogen-bond donors (Lipinski definition) is 1. The van der Waals surface area contributed by atoms with E-state index in [4.69, 9.17) is 20.9 Å². The molecular weight excluding hydrogens is 251 g/mol. The summed E-state index contributed by atoms with van der Waals surface area (Å²) in [6.07, 6.45) is 0. The van der Waals surface area contributed by atoms with E-state index in [1.54, 1.807) is 0 Å². The number of halogens is 2. The molecule has 0 heterocycles. The predicted octanol–water partition coefficient (Wildman–Crippen LogP) is 2.02. The Bertz CT molecular complexity index is 416. The van der Waals surface area contributed by atoms with Crippen LogP contribution < -0.4 is 4.74 Å². The highest BCUT2D eigenvalue weighted by molar-refractivity contribution is 7.86. The number of hydrogen-bond acceptors (Lipinski definition) is 3. The molecule has 80 valence electrons. The van der Waals surface area contributed by atoms with Crippen LogP contribution in [0.1, 0.15) is 0 Å². The molecule has 14 heavy (non-hydrogen) atoms. The molecule has 0 aromatic heterocycles. The lowest BCUT2D eigenvalue weighted by atomic mass is 10.3. The minimum Gasteiger partial charge on any atom is -0.497 e. The van der Waals surface area contributed by atoms with Gasteiger partial charge in [-0.2, -0.15) is 8.42 Å². The number of rotatable bonds is 2. The van der Waals surface area contributed by atoms with E-state index in [1.807, 2.05) is 0 Å². The summed E-state index contributed by atoms with van der Waals surface area (Å²) in [6, 6.07) is 3.89.